The summed E-state index contributed by atoms with van der Waals surface area (Å²) in [6.45, 7) is 6.04. The van der Waals surface area contributed by atoms with Gasteiger partial charge < -0.3 is 14.6 Å². The molecule has 1 N–H and O–H groups in total. The molecule has 0 saturated carbocycles. The fourth-order valence-electron chi connectivity index (χ4n) is 4.06. The number of hydrogen-bond acceptors (Lipinski definition) is 8. The number of aryl methyl sites for hydroxylation is 1. The number of aliphatic hydroxyl groups excluding tert-OH is 1. The standard InChI is InChI=1S/C28H27FN2O6S/c1-4-6-15-37-20-13-9-18(10-14-20)23(32)21-22(17-7-11-19(29)12-8-17)31(26(34)24(21)33)28-30-16(3)25(38-28)27(35)36-5-2/h7-14,22,32H,4-6,15H2,1-3H3/b23-21+. The molecule has 4 rings (SSSR count). The van der Waals surface area contributed by atoms with Gasteiger partial charge in [-0.2, -0.15) is 0 Å². The molecule has 2 heterocycles. The van der Waals surface area contributed by atoms with E-state index in [0.29, 0.717) is 29.2 Å². The van der Waals surface area contributed by atoms with Gasteiger partial charge in [0, 0.05) is 5.56 Å². The van der Waals surface area contributed by atoms with Gasteiger partial charge >= 0.3 is 11.9 Å². The molecule has 198 valence electrons. The molecular weight excluding hydrogens is 511 g/mol. The van der Waals surface area contributed by atoms with Crippen LogP contribution in [0.1, 0.15) is 59.2 Å². The maximum Gasteiger partial charge on any atom is 0.350 e. The molecule has 1 fully saturated rings. The molecule has 1 aliphatic rings. The fraction of sp³-hybridized carbons (Fsp3) is 0.286. The number of ketones is 1. The number of aromatic nitrogens is 1. The third-order valence-corrected chi connectivity index (χ3v) is 7.11. The number of ether oxygens (including phenoxy) is 2. The molecule has 1 amide bonds. The van der Waals surface area contributed by atoms with E-state index in [1.54, 1.807) is 38.1 Å². The maximum absolute atomic E-state index is 13.8. The van der Waals surface area contributed by atoms with Crippen molar-refractivity contribution >= 4 is 39.9 Å². The second kappa shape index (κ2) is 11.6. The minimum absolute atomic E-state index is 0.0840. The van der Waals surface area contributed by atoms with Crippen LogP contribution in [0.15, 0.2) is 54.1 Å². The van der Waals surface area contributed by atoms with Gasteiger partial charge in [0.2, 0.25) is 0 Å². The average molecular weight is 539 g/mol. The van der Waals surface area contributed by atoms with Gasteiger partial charge in [-0.3, -0.25) is 14.5 Å². The molecule has 0 radical (unpaired) electrons. The molecule has 1 unspecified atom stereocenters. The van der Waals surface area contributed by atoms with Gasteiger partial charge in [-0.05, 0) is 62.2 Å². The Kier molecular flexibility index (Phi) is 8.21. The number of hydrogen-bond donors (Lipinski definition) is 1. The van der Waals surface area contributed by atoms with E-state index in [9.17, 15) is 23.9 Å². The first-order valence-electron chi connectivity index (χ1n) is 12.2. The molecule has 3 aromatic rings. The number of unbranched alkanes of at least 4 members (excludes halogenated alkanes) is 1. The average Bonchev–Trinajstić information content (AvgIpc) is 3.41. The number of amides is 1. The number of thiazole rings is 1. The van der Waals surface area contributed by atoms with Gasteiger partial charge in [-0.25, -0.2) is 14.2 Å². The molecular formula is C28H27FN2O6S. The van der Waals surface area contributed by atoms with E-state index in [4.69, 9.17) is 9.47 Å². The number of Topliss-reactive ketones (excluding diaryl/α,β-unsaturated/α-hetero) is 1. The van der Waals surface area contributed by atoms with Gasteiger partial charge in [0.15, 0.2) is 5.13 Å². The van der Waals surface area contributed by atoms with Crippen LogP contribution in [0.2, 0.25) is 0 Å². The SMILES string of the molecule is CCCCOc1ccc(/C(O)=C2\C(=O)C(=O)N(c3nc(C)c(C(=O)OCC)s3)C2c2ccc(F)cc2)cc1. The molecule has 10 heteroatoms. The molecule has 8 nitrogen and oxygen atoms in total. The summed E-state index contributed by atoms with van der Waals surface area (Å²) in [5, 5.41) is 11.3. The van der Waals surface area contributed by atoms with Crippen molar-refractivity contribution in [3.8, 4) is 5.75 Å². The lowest BCUT2D eigenvalue weighted by Gasteiger charge is -2.23. The minimum atomic E-state index is -1.10. The Morgan fingerprint density at radius 2 is 1.79 bits per heavy atom. The Morgan fingerprint density at radius 3 is 2.42 bits per heavy atom. The quantitative estimate of drug-likeness (QED) is 0.125. The first kappa shape index (κ1) is 27.0. The van der Waals surface area contributed by atoms with E-state index in [2.05, 4.69) is 11.9 Å². The van der Waals surface area contributed by atoms with Crippen LogP contribution in [-0.2, 0) is 14.3 Å². The van der Waals surface area contributed by atoms with E-state index in [1.807, 2.05) is 0 Å². The minimum Gasteiger partial charge on any atom is -0.507 e. The highest BCUT2D eigenvalue weighted by atomic mass is 32.1. The molecule has 1 saturated heterocycles. The summed E-state index contributed by atoms with van der Waals surface area (Å²) < 4.78 is 24.5. The van der Waals surface area contributed by atoms with E-state index in [0.717, 1.165) is 29.1 Å². The molecule has 1 aliphatic heterocycles. The third kappa shape index (κ3) is 5.31. The number of carbonyl (C=O) groups is 3. The van der Waals surface area contributed by atoms with Gasteiger partial charge in [-0.15, -0.1) is 0 Å². The van der Waals surface area contributed by atoms with Crippen molar-refractivity contribution in [2.24, 2.45) is 0 Å². The highest BCUT2D eigenvalue weighted by Gasteiger charge is 2.48. The van der Waals surface area contributed by atoms with Crippen molar-refractivity contribution in [2.75, 3.05) is 18.1 Å². The van der Waals surface area contributed by atoms with Crippen molar-refractivity contribution in [1.82, 2.24) is 4.98 Å². The van der Waals surface area contributed by atoms with E-state index >= 15 is 0 Å². The van der Waals surface area contributed by atoms with Crippen molar-refractivity contribution < 1.29 is 33.4 Å². The largest absolute Gasteiger partial charge is 0.507 e. The summed E-state index contributed by atoms with van der Waals surface area (Å²) in [4.78, 5) is 44.7. The fourth-order valence-corrected chi connectivity index (χ4v) is 5.05. The number of rotatable bonds is 9. The monoisotopic (exact) mass is 538 g/mol. The zero-order valence-electron chi connectivity index (χ0n) is 21.2. The van der Waals surface area contributed by atoms with Crippen LogP contribution in [0.3, 0.4) is 0 Å². The zero-order valence-corrected chi connectivity index (χ0v) is 22.0. The normalized spacial score (nSPS) is 16.6. The molecule has 0 spiro atoms. The summed E-state index contributed by atoms with van der Waals surface area (Å²) in [6.07, 6.45) is 1.89. The van der Waals surface area contributed by atoms with E-state index in [1.165, 1.54) is 24.3 Å². The number of carbonyl (C=O) groups excluding carboxylic acids is 3. The smallest absolute Gasteiger partial charge is 0.350 e. The highest BCUT2D eigenvalue weighted by Crippen LogP contribution is 2.44. The summed E-state index contributed by atoms with van der Waals surface area (Å²) in [5.41, 5.74) is 0.853. The van der Waals surface area contributed by atoms with Crippen LogP contribution in [-0.4, -0.2) is 41.0 Å². The zero-order chi connectivity index (χ0) is 27.4. The second-order valence-electron chi connectivity index (χ2n) is 8.58. The van der Waals surface area contributed by atoms with Gasteiger partial charge in [0.05, 0.1) is 30.5 Å². The number of halogens is 1. The number of aliphatic hydroxyl groups is 1. The third-order valence-electron chi connectivity index (χ3n) is 5.98. The Labute approximate surface area is 223 Å². The first-order chi connectivity index (χ1) is 18.3. The van der Waals surface area contributed by atoms with Crippen LogP contribution in [0, 0.1) is 12.7 Å². The summed E-state index contributed by atoms with van der Waals surface area (Å²) in [5.74, 6) is -2.73. The lowest BCUT2D eigenvalue weighted by molar-refractivity contribution is -0.132. The summed E-state index contributed by atoms with van der Waals surface area (Å²) in [7, 11) is 0. The first-order valence-corrected chi connectivity index (χ1v) is 13.0. The molecule has 1 atom stereocenters. The number of benzene rings is 2. The van der Waals surface area contributed by atoms with Crippen LogP contribution < -0.4 is 9.64 Å². The topological polar surface area (TPSA) is 106 Å². The van der Waals surface area contributed by atoms with Gasteiger partial charge in [0.1, 0.15) is 22.2 Å². The van der Waals surface area contributed by atoms with E-state index < -0.39 is 29.5 Å². The lowest BCUT2D eigenvalue weighted by atomic mass is 9.95. The van der Waals surface area contributed by atoms with Crippen molar-refractivity contribution in [2.45, 2.75) is 39.7 Å². The molecule has 38 heavy (non-hydrogen) atoms. The summed E-state index contributed by atoms with van der Waals surface area (Å²) >= 11 is 0.905. The van der Waals surface area contributed by atoms with Crippen LogP contribution in [0.4, 0.5) is 9.52 Å². The van der Waals surface area contributed by atoms with Crippen LogP contribution in [0.5, 0.6) is 5.75 Å². The summed E-state index contributed by atoms with van der Waals surface area (Å²) in [6, 6.07) is 10.7. The highest BCUT2D eigenvalue weighted by molar-refractivity contribution is 7.17. The van der Waals surface area contributed by atoms with Gasteiger partial charge in [-0.1, -0.05) is 36.8 Å². The number of nitrogens with zero attached hydrogens (tertiary/aromatic N) is 2. The molecule has 1 aromatic heterocycles. The Hall–Kier alpha value is -4.05. The Morgan fingerprint density at radius 1 is 1.11 bits per heavy atom. The predicted octanol–water partition coefficient (Wildman–Crippen LogP) is 5.57. The van der Waals surface area contributed by atoms with Crippen LogP contribution in [0.25, 0.3) is 5.76 Å². The van der Waals surface area contributed by atoms with Crippen molar-refractivity contribution in [3.05, 3.63) is 81.6 Å². The Bertz CT molecular complexity index is 1380. The van der Waals surface area contributed by atoms with Crippen LogP contribution >= 0.6 is 11.3 Å². The van der Waals surface area contributed by atoms with Crippen molar-refractivity contribution in [3.63, 3.8) is 0 Å². The lowest BCUT2D eigenvalue weighted by Crippen LogP contribution is -2.29. The Balaban J connectivity index is 1.80. The predicted molar refractivity (Wildman–Crippen MR) is 141 cm³/mol. The molecule has 0 aliphatic carbocycles. The number of esters is 1. The molecule has 2 aromatic carbocycles. The van der Waals surface area contributed by atoms with Gasteiger partial charge in [0.25, 0.3) is 5.78 Å². The second-order valence-corrected chi connectivity index (χ2v) is 9.56. The van der Waals surface area contributed by atoms with E-state index in [-0.39, 0.29) is 27.9 Å². The van der Waals surface area contributed by atoms with Crippen molar-refractivity contribution in [1.29, 1.82) is 0 Å². The molecule has 0 bridgehead atoms. The maximum atomic E-state index is 13.8. The number of anilines is 1.